The van der Waals surface area contributed by atoms with Crippen molar-refractivity contribution in [2.45, 2.75) is 6.92 Å². The maximum Gasteiger partial charge on any atom is 0.293 e. The van der Waals surface area contributed by atoms with E-state index in [0.29, 0.717) is 45.8 Å². The van der Waals surface area contributed by atoms with E-state index in [9.17, 15) is 14.4 Å². The molecule has 4 aromatic rings. The van der Waals surface area contributed by atoms with E-state index in [1.54, 1.807) is 42.5 Å². The fourth-order valence-corrected chi connectivity index (χ4v) is 5.35. The Hall–Kier alpha value is -4.96. The first kappa shape index (κ1) is 29.5. The van der Waals surface area contributed by atoms with Crippen molar-refractivity contribution in [3.05, 3.63) is 95.4 Å². The molecule has 0 radical (unpaired) electrons. The number of imide groups is 1. The number of benzene rings is 4. The number of nitrogens with one attached hydrogen (secondary N) is 1. The van der Waals surface area contributed by atoms with Gasteiger partial charge in [0.2, 0.25) is 0 Å². The lowest BCUT2D eigenvalue weighted by molar-refractivity contribution is -0.123. The van der Waals surface area contributed by atoms with Gasteiger partial charge in [0.25, 0.3) is 17.1 Å². The molecule has 0 aromatic heterocycles. The number of thioether (sulfide) groups is 1. The van der Waals surface area contributed by atoms with Gasteiger partial charge in [-0.3, -0.25) is 19.3 Å². The Morgan fingerprint density at radius 2 is 1.63 bits per heavy atom. The van der Waals surface area contributed by atoms with Crippen LogP contribution in [0.2, 0.25) is 0 Å². The number of rotatable bonds is 12. The molecule has 0 aliphatic carbocycles. The van der Waals surface area contributed by atoms with Crippen LogP contribution in [-0.2, 0) is 9.59 Å². The quantitative estimate of drug-likeness (QED) is 0.188. The number of methoxy groups -OCH3 is 1. The lowest BCUT2D eigenvalue weighted by Crippen LogP contribution is -2.32. The van der Waals surface area contributed by atoms with Crippen LogP contribution in [0, 0.1) is 0 Å². The second-order valence-corrected chi connectivity index (χ2v) is 10.3. The molecule has 9 nitrogen and oxygen atoms in total. The predicted molar refractivity (Wildman–Crippen MR) is 167 cm³/mol. The van der Waals surface area contributed by atoms with Crippen LogP contribution in [0.5, 0.6) is 23.0 Å². The Balaban J connectivity index is 1.19. The van der Waals surface area contributed by atoms with Gasteiger partial charge in [0, 0.05) is 5.39 Å². The number of hydrogen-bond donors (Lipinski definition) is 1. The highest BCUT2D eigenvalue weighted by molar-refractivity contribution is 8.18. The number of fused-ring (bicyclic) bond motifs is 1. The molecule has 0 atom stereocenters. The first-order valence-electron chi connectivity index (χ1n) is 13.6. The average Bonchev–Trinajstić information content (AvgIpc) is 3.28. The molecule has 10 heteroatoms. The van der Waals surface area contributed by atoms with Crippen molar-refractivity contribution in [3.8, 4) is 23.0 Å². The summed E-state index contributed by atoms with van der Waals surface area (Å²) >= 11 is 0.870. The lowest BCUT2D eigenvalue weighted by atomic mass is 10.1. The van der Waals surface area contributed by atoms with Gasteiger partial charge in [0.1, 0.15) is 18.1 Å². The molecular weight excluding hydrogens is 568 g/mol. The third-order valence-corrected chi connectivity index (χ3v) is 7.41. The first-order valence-corrected chi connectivity index (χ1v) is 14.5. The van der Waals surface area contributed by atoms with Crippen LogP contribution in [0.25, 0.3) is 16.8 Å². The van der Waals surface area contributed by atoms with Crippen molar-refractivity contribution in [1.82, 2.24) is 4.90 Å². The summed E-state index contributed by atoms with van der Waals surface area (Å²) in [5.74, 6) is 1.24. The number of ether oxygens (including phenoxy) is 4. The zero-order valence-electron chi connectivity index (χ0n) is 23.7. The third kappa shape index (κ3) is 7.10. The largest absolute Gasteiger partial charge is 0.493 e. The number of amides is 3. The first-order chi connectivity index (χ1) is 21.0. The number of hydrogen-bond acceptors (Lipinski definition) is 8. The van der Waals surface area contributed by atoms with Gasteiger partial charge in [-0.05, 0) is 66.0 Å². The van der Waals surface area contributed by atoms with Crippen molar-refractivity contribution in [3.63, 3.8) is 0 Å². The molecule has 1 aliphatic rings. The topological polar surface area (TPSA) is 103 Å². The van der Waals surface area contributed by atoms with Crippen LogP contribution in [-0.4, -0.2) is 55.4 Å². The molecule has 0 spiro atoms. The normalized spacial score (nSPS) is 13.8. The minimum atomic E-state index is -0.389. The van der Waals surface area contributed by atoms with Crippen molar-refractivity contribution < 1.29 is 33.3 Å². The minimum absolute atomic E-state index is 0.123. The summed E-state index contributed by atoms with van der Waals surface area (Å²) in [5, 5.41) is 4.44. The van der Waals surface area contributed by atoms with Crippen LogP contribution < -0.4 is 24.3 Å². The smallest absolute Gasteiger partial charge is 0.293 e. The summed E-state index contributed by atoms with van der Waals surface area (Å²) in [6.07, 6.45) is 1.63. The second-order valence-electron chi connectivity index (χ2n) is 9.34. The molecule has 0 unspecified atom stereocenters. The van der Waals surface area contributed by atoms with Crippen LogP contribution in [0.3, 0.4) is 0 Å². The highest BCUT2D eigenvalue weighted by atomic mass is 32.2. The van der Waals surface area contributed by atoms with Crippen molar-refractivity contribution >= 4 is 51.4 Å². The average molecular weight is 599 g/mol. The molecule has 1 aliphatic heterocycles. The van der Waals surface area contributed by atoms with E-state index >= 15 is 0 Å². The molecule has 220 valence electrons. The van der Waals surface area contributed by atoms with E-state index in [1.165, 1.54) is 12.0 Å². The Labute approximate surface area is 253 Å². The Bertz CT molecular complexity index is 1680. The highest BCUT2D eigenvalue weighted by Gasteiger charge is 2.34. The van der Waals surface area contributed by atoms with E-state index in [1.807, 2.05) is 55.5 Å². The predicted octanol–water partition coefficient (Wildman–Crippen LogP) is 6.38. The summed E-state index contributed by atoms with van der Waals surface area (Å²) in [7, 11) is 1.48. The van der Waals surface area contributed by atoms with Crippen molar-refractivity contribution in [1.29, 1.82) is 0 Å². The zero-order valence-corrected chi connectivity index (χ0v) is 24.5. The molecule has 4 aromatic carbocycles. The summed E-state index contributed by atoms with van der Waals surface area (Å²) < 4.78 is 22.6. The van der Waals surface area contributed by atoms with Gasteiger partial charge in [-0.2, -0.15) is 0 Å². The van der Waals surface area contributed by atoms with E-state index in [2.05, 4.69) is 5.32 Å². The molecule has 5 rings (SSSR count). The summed E-state index contributed by atoms with van der Waals surface area (Å²) in [4.78, 5) is 39.7. The van der Waals surface area contributed by atoms with Crippen molar-refractivity contribution in [2.75, 3.05) is 38.8 Å². The SMILES string of the molecule is CCOc1ccccc1NC(=O)COc1ccc(/C=C2\SC(=O)N(CCOc3cccc4ccccc34)C2=O)cc1OC. The van der Waals surface area contributed by atoms with Gasteiger partial charge in [-0.15, -0.1) is 0 Å². The number of para-hydroxylation sites is 2. The Morgan fingerprint density at radius 1 is 0.860 bits per heavy atom. The monoisotopic (exact) mass is 598 g/mol. The lowest BCUT2D eigenvalue weighted by Gasteiger charge is -2.14. The number of carbonyl (C=O) groups excluding carboxylic acids is 3. The second kappa shape index (κ2) is 13.8. The molecule has 1 heterocycles. The Kier molecular flexibility index (Phi) is 9.48. The summed E-state index contributed by atoms with van der Waals surface area (Å²) in [5.41, 5.74) is 1.19. The minimum Gasteiger partial charge on any atom is -0.493 e. The van der Waals surface area contributed by atoms with Gasteiger partial charge in [-0.1, -0.05) is 54.6 Å². The highest BCUT2D eigenvalue weighted by Crippen LogP contribution is 2.35. The van der Waals surface area contributed by atoms with E-state index in [4.69, 9.17) is 18.9 Å². The molecular formula is C33H30N2O7S. The fraction of sp³-hybridized carbons (Fsp3) is 0.182. The van der Waals surface area contributed by atoms with Crippen LogP contribution in [0.15, 0.2) is 89.8 Å². The molecule has 1 N–H and O–H groups in total. The zero-order chi connectivity index (χ0) is 30.2. The molecule has 0 bridgehead atoms. The van der Waals surface area contributed by atoms with E-state index in [-0.39, 0.29) is 36.8 Å². The summed E-state index contributed by atoms with van der Waals surface area (Å²) in [6, 6.07) is 25.8. The number of carbonyl (C=O) groups is 3. The molecule has 43 heavy (non-hydrogen) atoms. The fourth-order valence-electron chi connectivity index (χ4n) is 4.49. The van der Waals surface area contributed by atoms with Gasteiger partial charge >= 0.3 is 0 Å². The molecule has 0 saturated carbocycles. The van der Waals surface area contributed by atoms with Gasteiger partial charge in [0.05, 0.1) is 30.9 Å². The summed E-state index contributed by atoms with van der Waals surface area (Å²) in [6.45, 7) is 2.38. The van der Waals surface area contributed by atoms with Gasteiger partial charge in [0.15, 0.2) is 18.1 Å². The van der Waals surface area contributed by atoms with Gasteiger partial charge in [-0.25, -0.2) is 0 Å². The van der Waals surface area contributed by atoms with Gasteiger partial charge < -0.3 is 24.3 Å². The molecule has 1 fully saturated rings. The maximum absolute atomic E-state index is 13.0. The Morgan fingerprint density at radius 3 is 2.47 bits per heavy atom. The standard InChI is InChI=1S/C33H30N2O7S/c1-3-40-27-13-7-6-12-25(27)34-31(36)21-42-28-16-15-22(19-29(28)39-2)20-30-32(37)35(33(38)43-30)17-18-41-26-14-8-10-23-9-4-5-11-24(23)26/h4-16,19-20H,3,17-18,21H2,1-2H3,(H,34,36)/b30-20-. The third-order valence-electron chi connectivity index (χ3n) is 6.50. The molecule has 1 saturated heterocycles. The van der Waals surface area contributed by atoms with Crippen LogP contribution in [0.1, 0.15) is 12.5 Å². The van der Waals surface area contributed by atoms with Crippen molar-refractivity contribution in [2.24, 2.45) is 0 Å². The maximum atomic E-state index is 13.0. The van der Waals surface area contributed by atoms with Crippen LogP contribution >= 0.6 is 11.8 Å². The molecule has 3 amide bonds. The van der Waals surface area contributed by atoms with E-state index < -0.39 is 0 Å². The number of nitrogens with zero attached hydrogens (tertiary/aromatic N) is 1. The van der Waals surface area contributed by atoms with E-state index in [0.717, 1.165) is 22.5 Å². The van der Waals surface area contributed by atoms with Crippen LogP contribution in [0.4, 0.5) is 10.5 Å². The number of anilines is 1.